The Morgan fingerprint density at radius 2 is 2.31 bits per heavy atom. The number of pyridine rings is 1. The lowest BCUT2D eigenvalue weighted by molar-refractivity contribution is 0.0382. The van der Waals surface area contributed by atoms with Gasteiger partial charge < -0.3 is 20.5 Å². The lowest BCUT2D eigenvalue weighted by Gasteiger charge is -2.21. The van der Waals surface area contributed by atoms with Gasteiger partial charge in [-0.1, -0.05) is 0 Å². The second-order valence-electron chi connectivity index (χ2n) is 4.09. The molecule has 3 N–H and O–H groups in total. The fourth-order valence-electron chi connectivity index (χ4n) is 1.68. The van der Waals surface area contributed by atoms with Gasteiger partial charge in [0.2, 0.25) is 0 Å². The summed E-state index contributed by atoms with van der Waals surface area (Å²) in [6, 6.07) is 1.95. The van der Waals surface area contributed by atoms with E-state index in [0.29, 0.717) is 26.2 Å². The van der Waals surface area contributed by atoms with E-state index in [1.165, 1.54) is 0 Å². The van der Waals surface area contributed by atoms with Crippen molar-refractivity contribution >= 4 is 11.4 Å². The maximum absolute atomic E-state index is 10.1. The Morgan fingerprint density at radius 1 is 1.50 bits per heavy atom. The van der Waals surface area contributed by atoms with Gasteiger partial charge in [0.25, 0.3) is 0 Å². The van der Waals surface area contributed by atoms with Crippen LogP contribution in [0.3, 0.4) is 0 Å². The first-order valence-corrected chi connectivity index (χ1v) is 5.39. The van der Waals surface area contributed by atoms with Gasteiger partial charge in [-0.25, -0.2) is 0 Å². The van der Waals surface area contributed by atoms with Crippen LogP contribution in [-0.4, -0.2) is 42.5 Å². The first-order chi connectivity index (χ1) is 7.72. The number of anilines is 2. The molecule has 1 aliphatic heterocycles. The zero-order chi connectivity index (χ0) is 11.4. The van der Waals surface area contributed by atoms with Gasteiger partial charge in [0.1, 0.15) is 5.60 Å². The van der Waals surface area contributed by atoms with Gasteiger partial charge in [-0.15, -0.1) is 0 Å². The molecule has 1 unspecified atom stereocenters. The molecular weight excluding hydrogens is 206 g/mol. The molecule has 5 heteroatoms. The molecule has 2 rings (SSSR count). The third kappa shape index (κ3) is 2.62. The van der Waals surface area contributed by atoms with Gasteiger partial charge in [0, 0.05) is 26.6 Å². The van der Waals surface area contributed by atoms with Crippen LogP contribution in [0, 0.1) is 0 Å². The van der Waals surface area contributed by atoms with Crippen molar-refractivity contribution in [1.82, 2.24) is 4.98 Å². The number of ether oxygens (including phenoxy) is 1. The Kier molecular flexibility index (Phi) is 3.26. The normalized spacial score (nSPS) is 24.4. The molecule has 0 radical (unpaired) electrons. The molecule has 88 valence electrons. The quantitative estimate of drug-likeness (QED) is 0.700. The molecule has 5 nitrogen and oxygen atoms in total. The van der Waals surface area contributed by atoms with Crippen molar-refractivity contribution in [2.75, 3.05) is 37.4 Å². The first kappa shape index (κ1) is 11.2. The molecule has 0 aliphatic carbocycles. The minimum Gasteiger partial charge on any atom is -0.387 e. The summed E-state index contributed by atoms with van der Waals surface area (Å²) < 4.78 is 5.18. The second-order valence-corrected chi connectivity index (χ2v) is 4.09. The summed E-state index contributed by atoms with van der Waals surface area (Å²) in [5.41, 5.74) is 1.10. The van der Waals surface area contributed by atoms with Crippen molar-refractivity contribution in [2.45, 2.75) is 12.0 Å². The molecule has 2 heterocycles. The first-order valence-electron chi connectivity index (χ1n) is 5.39. The van der Waals surface area contributed by atoms with Crippen LogP contribution in [0.5, 0.6) is 0 Å². The average molecular weight is 223 g/mol. The monoisotopic (exact) mass is 223 g/mol. The van der Waals surface area contributed by atoms with Crippen LogP contribution < -0.4 is 10.6 Å². The minimum atomic E-state index is -0.740. The van der Waals surface area contributed by atoms with Gasteiger partial charge in [0.05, 0.1) is 30.4 Å². The van der Waals surface area contributed by atoms with E-state index in [1.807, 2.05) is 13.1 Å². The Bertz CT molecular complexity index is 351. The van der Waals surface area contributed by atoms with E-state index in [9.17, 15) is 5.11 Å². The van der Waals surface area contributed by atoms with Crippen LogP contribution in [0.1, 0.15) is 6.42 Å². The highest BCUT2D eigenvalue weighted by Crippen LogP contribution is 2.20. The zero-order valence-electron chi connectivity index (χ0n) is 9.36. The number of hydrogen-bond donors (Lipinski definition) is 3. The van der Waals surface area contributed by atoms with E-state index in [4.69, 9.17) is 4.74 Å². The Balaban J connectivity index is 1.93. The third-order valence-electron chi connectivity index (χ3n) is 2.73. The van der Waals surface area contributed by atoms with Crippen LogP contribution in [0.2, 0.25) is 0 Å². The molecule has 0 spiro atoms. The summed E-state index contributed by atoms with van der Waals surface area (Å²) in [6.07, 6.45) is 4.16. The van der Waals surface area contributed by atoms with Crippen molar-refractivity contribution in [3.8, 4) is 0 Å². The topological polar surface area (TPSA) is 66.4 Å². The van der Waals surface area contributed by atoms with Crippen LogP contribution in [-0.2, 0) is 4.74 Å². The van der Waals surface area contributed by atoms with E-state index in [1.54, 1.807) is 12.4 Å². The lowest BCUT2D eigenvalue weighted by atomic mass is 10.0. The Labute approximate surface area is 94.8 Å². The molecule has 1 aromatic rings. The van der Waals surface area contributed by atoms with Gasteiger partial charge >= 0.3 is 0 Å². The van der Waals surface area contributed by atoms with E-state index >= 15 is 0 Å². The molecule has 0 saturated carbocycles. The third-order valence-corrected chi connectivity index (χ3v) is 2.73. The van der Waals surface area contributed by atoms with Crippen molar-refractivity contribution in [1.29, 1.82) is 0 Å². The fourth-order valence-corrected chi connectivity index (χ4v) is 1.68. The summed E-state index contributed by atoms with van der Waals surface area (Å²) in [7, 11) is 1.85. The Morgan fingerprint density at radius 3 is 3.00 bits per heavy atom. The highest BCUT2D eigenvalue weighted by molar-refractivity contribution is 5.53. The van der Waals surface area contributed by atoms with E-state index in [0.717, 1.165) is 11.4 Å². The molecule has 1 aliphatic rings. The number of nitrogens with one attached hydrogen (secondary N) is 2. The molecule has 0 bridgehead atoms. The van der Waals surface area contributed by atoms with Crippen LogP contribution >= 0.6 is 0 Å². The van der Waals surface area contributed by atoms with Gasteiger partial charge in [-0.2, -0.15) is 0 Å². The molecular formula is C11H17N3O2. The summed E-state index contributed by atoms with van der Waals surface area (Å²) in [5.74, 6) is 0. The number of nitrogens with zero attached hydrogens (tertiary/aromatic N) is 1. The maximum atomic E-state index is 10.1. The van der Waals surface area contributed by atoms with Crippen LogP contribution in [0.25, 0.3) is 0 Å². The van der Waals surface area contributed by atoms with Gasteiger partial charge in [0.15, 0.2) is 0 Å². The largest absolute Gasteiger partial charge is 0.387 e. The summed E-state index contributed by atoms with van der Waals surface area (Å²) >= 11 is 0. The predicted octanol–water partition coefficient (Wildman–Crippen LogP) is 0.687. The second kappa shape index (κ2) is 4.67. The molecule has 1 atom stereocenters. The maximum Gasteiger partial charge on any atom is 0.107 e. The summed E-state index contributed by atoms with van der Waals surface area (Å²) in [4.78, 5) is 4.09. The van der Waals surface area contributed by atoms with Crippen molar-refractivity contribution in [3.05, 3.63) is 18.5 Å². The highest BCUT2D eigenvalue weighted by Gasteiger charge is 2.31. The predicted molar refractivity (Wildman–Crippen MR) is 62.7 cm³/mol. The number of rotatable bonds is 4. The standard InChI is InChI=1S/C11H17N3O2/c1-12-9-4-10(6-13-5-9)14-7-11(15)2-3-16-8-11/h4-6,12,14-15H,2-3,7-8H2,1H3. The summed E-state index contributed by atoms with van der Waals surface area (Å²) in [6.45, 7) is 1.52. The number of aromatic nitrogens is 1. The average Bonchev–Trinajstić information content (AvgIpc) is 2.75. The highest BCUT2D eigenvalue weighted by atomic mass is 16.5. The lowest BCUT2D eigenvalue weighted by Crippen LogP contribution is -2.37. The number of hydrogen-bond acceptors (Lipinski definition) is 5. The van der Waals surface area contributed by atoms with Gasteiger partial charge in [-0.3, -0.25) is 4.98 Å². The molecule has 0 aromatic carbocycles. The molecule has 1 saturated heterocycles. The minimum absolute atomic E-state index is 0.402. The van der Waals surface area contributed by atoms with Crippen molar-refractivity contribution < 1.29 is 9.84 Å². The molecule has 16 heavy (non-hydrogen) atoms. The van der Waals surface area contributed by atoms with Crippen molar-refractivity contribution in [2.24, 2.45) is 0 Å². The zero-order valence-corrected chi connectivity index (χ0v) is 9.36. The Hall–Kier alpha value is -1.33. The molecule has 0 amide bonds. The van der Waals surface area contributed by atoms with Crippen LogP contribution in [0.15, 0.2) is 18.5 Å². The van der Waals surface area contributed by atoms with Crippen LogP contribution in [0.4, 0.5) is 11.4 Å². The summed E-state index contributed by atoms with van der Waals surface area (Å²) in [5, 5.41) is 16.2. The SMILES string of the molecule is CNc1cncc(NCC2(O)CCOC2)c1. The smallest absolute Gasteiger partial charge is 0.107 e. The molecule has 1 fully saturated rings. The van der Waals surface area contributed by atoms with E-state index in [2.05, 4.69) is 15.6 Å². The van der Waals surface area contributed by atoms with Crippen molar-refractivity contribution in [3.63, 3.8) is 0 Å². The van der Waals surface area contributed by atoms with E-state index in [-0.39, 0.29) is 0 Å². The van der Waals surface area contributed by atoms with E-state index < -0.39 is 5.60 Å². The van der Waals surface area contributed by atoms with Gasteiger partial charge in [-0.05, 0) is 6.07 Å². The molecule has 1 aromatic heterocycles. The number of aliphatic hydroxyl groups is 1. The fraction of sp³-hybridized carbons (Fsp3) is 0.545.